The highest BCUT2D eigenvalue weighted by molar-refractivity contribution is 7.10. The fraction of sp³-hybridized carbons (Fsp3) is 0.673. The second-order valence-electron chi connectivity index (χ2n) is 22.9. The quantitative estimate of drug-likeness (QED) is 0.169. The molecule has 18 heteroatoms. The van der Waals surface area contributed by atoms with Crippen molar-refractivity contribution in [2.75, 3.05) is 79.4 Å². The number of benzene rings is 1. The number of rotatable bonds is 11. The third-order valence-corrected chi connectivity index (χ3v) is 17.1. The second-order valence-corrected chi connectivity index (χ2v) is 23.8. The van der Waals surface area contributed by atoms with E-state index in [0.717, 1.165) is 116 Å². The van der Waals surface area contributed by atoms with Gasteiger partial charge in [0.1, 0.15) is 28.8 Å². The number of fused-ring (bicyclic) bond motifs is 6. The van der Waals surface area contributed by atoms with E-state index in [9.17, 15) is 9.59 Å². The first-order valence-corrected chi connectivity index (χ1v) is 28.0. The predicted octanol–water partition coefficient (Wildman–Crippen LogP) is 6.93. The Morgan fingerprint density at radius 3 is 2.45 bits per heavy atom. The van der Waals surface area contributed by atoms with Crippen LogP contribution in [0.15, 0.2) is 41.0 Å². The summed E-state index contributed by atoms with van der Waals surface area (Å²) < 4.78 is 33.5. The fourth-order valence-corrected chi connectivity index (χ4v) is 13.3. The standard InChI is InChI=1S/C55H79N9O8S/c1-8-35(60-22-24-61(25-23-60)36-14-15-36)31-39-45(56)49(68-7)44-43-38-30-34(13-16-42(38)63(47(39)43)26-29-70-37-17-27-69-28-18-37)41-32-73-50(57-41)48(62-19-9-10-20-62)46(58-53(67)72-54(2,3)4)51(65)64-21-11-12-40(59-64)52(66)71-33-55(44,5)6/h13,16,30-32,36-37,40,44,46,48-49,59H,8-12,14-15,17-29,33,56H2,1-7H3,(H,58,67)/b35-31+/t40-,44?,46-,48-,49-/m0/s1. The Hall–Kier alpha value is -4.56. The van der Waals surface area contributed by atoms with Crippen LogP contribution in [0.5, 0.6) is 0 Å². The summed E-state index contributed by atoms with van der Waals surface area (Å²) in [7, 11) is 1.73. The summed E-state index contributed by atoms with van der Waals surface area (Å²) in [6.45, 7) is 20.3. The average Bonchev–Trinajstić information content (AvgIpc) is 3.71. The van der Waals surface area contributed by atoms with Gasteiger partial charge in [-0.15, -0.1) is 11.3 Å². The van der Waals surface area contributed by atoms with Gasteiger partial charge in [-0.3, -0.25) is 24.4 Å². The average molecular weight is 1030 g/mol. The molecule has 10 rings (SSSR count). The van der Waals surface area contributed by atoms with Crippen LogP contribution in [0.1, 0.15) is 128 Å². The van der Waals surface area contributed by atoms with Crippen LogP contribution in [0.4, 0.5) is 4.79 Å². The number of methoxy groups -OCH3 is 1. The van der Waals surface area contributed by atoms with E-state index in [4.69, 9.17) is 34.4 Å². The van der Waals surface area contributed by atoms with Gasteiger partial charge in [-0.2, -0.15) is 0 Å². The van der Waals surface area contributed by atoms with Gasteiger partial charge in [0, 0.05) is 116 Å². The van der Waals surface area contributed by atoms with Gasteiger partial charge >= 0.3 is 12.1 Å². The van der Waals surface area contributed by atoms with E-state index in [1.54, 1.807) is 27.9 Å². The van der Waals surface area contributed by atoms with Crippen molar-refractivity contribution < 1.29 is 38.1 Å². The number of nitrogens with two attached hydrogens (primary N) is 1. The molecule has 2 amide bonds. The topological polar surface area (TPSA) is 178 Å². The number of alkyl carbamates (subject to hydrolysis) is 1. The molecule has 3 aromatic rings. The number of aromatic nitrogens is 2. The molecule has 5 atom stereocenters. The summed E-state index contributed by atoms with van der Waals surface area (Å²) in [6.07, 6.45) is 9.29. The van der Waals surface area contributed by atoms with Crippen LogP contribution < -0.4 is 16.5 Å². The zero-order chi connectivity index (χ0) is 51.2. The molecule has 0 radical (unpaired) electrons. The molecule has 17 nitrogen and oxygen atoms in total. The first-order chi connectivity index (χ1) is 35.1. The summed E-state index contributed by atoms with van der Waals surface area (Å²) in [5.41, 5.74) is 17.0. The third-order valence-electron chi connectivity index (χ3n) is 16.2. The number of hydrogen-bond donors (Lipinski definition) is 3. The van der Waals surface area contributed by atoms with Crippen LogP contribution in [0.2, 0.25) is 0 Å². The Morgan fingerprint density at radius 1 is 1.00 bits per heavy atom. The van der Waals surface area contributed by atoms with Crippen LogP contribution in [-0.2, 0) is 39.8 Å². The summed E-state index contributed by atoms with van der Waals surface area (Å²) in [6, 6.07) is 4.83. The number of carbonyl (C=O) groups is 3. The van der Waals surface area contributed by atoms with E-state index in [1.807, 2.05) is 0 Å². The number of carbonyl (C=O) groups excluding carboxylic acids is 3. The van der Waals surface area contributed by atoms with E-state index in [0.29, 0.717) is 56.5 Å². The number of amides is 2. The number of hydrogen-bond acceptors (Lipinski definition) is 15. The minimum Gasteiger partial charge on any atom is -0.464 e. The lowest BCUT2D eigenvalue weighted by Crippen LogP contribution is -2.62. The lowest BCUT2D eigenvalue weighted by atomic mass is 9.67. The number of allylic oxidation sites excluding steroid dienone is 3. The highest BCUT2D eigenvalue weighted by atomic mass is 32.1. The summed E-state index contributed by atoms with van der Waals surface area (Å²) >= 11 is 1.49. The van der Waals surface area contributed by atoms with Crippen molar-refractivity contribution in [3.8, 4) is 11.3 Å². The number of hydrazine groups is 1. The lowest BCUT2D eigenvalue weighted by molar-refractivity contribution is -0.156. The van der Waals surface area contributed by atoms with Gasteiger partial charge in [0.15, 0.2) is 0 Å². The molecule has 1 unspecified atom stereocenters. The number of ether oxygens (including phenoxy) is 5. The minimum atomic E-state index is -1.08. The first-order valence-electron chi connectivity index (χ1n) is 27.1. The molecule has 6 bridgehead atoms. The van der Waals surface area contributed by atoms with E-state index < -0.39 is 47.3 Å². The zero-order valence-electron chi connectivity index (χ0n) is 44.2. The van der Waals surface area contributed by atoms with E-state index >= 15 is 4.79 Å². The normalized spacial score (nSPS) is 27.1. The number of esters is 1. The van der Waals surface area contributed by atoms with E-state index in [2.05, 4.69) is 80.4 Å². The maximum absolute atomic E-state index is 15.1. The molecule has 73 heavy (non-hydrogen) atoms. The van der Waals surface area contributed by atoms with Gasteiger partial charge in [0.25, 0.3) is 5.91 Å². The minimum absolute atomic E-state index is 0.0559. The molecule has 4 saturated heterocycles. The van der Waals surface area contributed by atoms with E-state index in [1.165, 1.54) is 34.9 Å². The smallest absolute Gasteiger partial charge is 0.408 e. The number of nitrogens with one attached hydrogen (secondary N) is 2. The molecule has 5 fully saturated rings. The van der Waals surface area contributed by atoms with Crippen molar-refractivity contribution in [1.29, 1.82) is 0 Å². The molecule has 7 heterocycles. The van der Waals surface area contributed by atoms with Gasteiger partial charge in [-0.05, 0) is 115 Å². The zero-order valence-corrected chi connectivity index (χ0v) is 45.0. The van der Waals surface area contributed by atoms with Crippen LogP contribution in [-0.4, -0.2) is 163 Å². The monoisotopic (exact) mass is 1030 g/mol. The van der Waals surface area contributed by atoms with Crippen LogP contribution in [0, 0.1) is 5.41 Å². The van der Waals surface area contributed by atoms with Crippen molar-refractivity contribution in [2.24, 2.45) is 11.1 Å². The van der Waals surface area contributed by atoms with Crippen LogP contribution in [0.3, 0.4) is 0 Å². The van der Waals surface area contributed by atoms with Crippen molar-refractivity contribution in [2.45, 2.75) is 154 Å². The highest BCUT2D eigenvalue weighted by Crippen LogP contribution is 2.53. The highest BCUT2D eigenvalue weighted by Gasteiger charge is 2.48. The molecule has 398 valence electrons. The molecule has 7 aliphatic rings. The van der Waals surface area contributed by atoms with Crippen LogP contribution >= 0.6 is 11.3 Å². The molecular formula is C55H79N9O8S. The second kappa shape index (κ2) is 21.6. The van der Waals surface area contributed by atoms with Gasteiger partial charge in [-0.25, -0.2) is 15.2 Å². The van der Waals surface area contributed by atoms with Crippen molar-refractivity contribution >= 4 is 45.8 Å². The molecule has 4 N–H and O–H groups in total. The van der Waals surface area contributed by atoms with Gasteiger partial charge in [0.2, 0.25) is 0 Å². The molecular weight excluding hydrogens is 947 g/mol. The Kier molecular flexibility index (Phi) is 15.3. The molecule has 1 saturated carbocycles. The summed E-state index contributed by atoms with van der Waals surface area (Å²) in [5.74, 6) is -1.18. The molecule has 0 spiro atoms. The first kappa shape index (κ1) is 51.9. The third kappa shape index (κ3) is 10.9. The Balaban J connectivity index is 1.14. The summed E-state index contributed by atoms with van der Waals surface area (Å²) in [4.78, 5) is 56.1. The van der Waals surface area contributed by atoms with E-state index in [-0.39, 0.29) is 24.5 Å². The number of cyclic esters (lactones) is 1. The number of piperazine rings is 1. The molecule has 1 aromatic carbocycles. The van der Waals surface area contributed by atoms with Crippen molar-refractivity contribution in [1.82, 2.24) is 40.0 Å². The van der Waals surface area contributed by atoms with Crippen LogP contribution in [0.25, 0.3) is 27.7 Å². The Bertz CT molecular complexity index is 2560. The Labute approximate surface area is 435 Å². The number of nitrogens with zero attached hydrogens (tertiary/aromatic N) is 6. The van der Waals surface area contributed by atoms with Gasteiger partial charge in [0.05, 0.1) is 36.7 Å². The lowest BCUT2D eigenvalue weighted by Gasteiger charge is -2.43. The SMILES string of the molecule is CC/C(=C\C1=C(N)[C@@H](OC)C2c3c1n(CCOC1CCOCC1)c1ccc(cc31)-c1csc(n1)[C@@H](N1CCCC1)[C@H](NC(=O)OC(C)(C)C)C(=O)N1CCC[C@H](N1)C(=O)OCC2(C)C)N1CCN(C2CC2)CC1. The largest absolute Gasteiger partial charge is 0.464 e. The Morgan fingerprint density at radius 2 is 1.75 bits per heavy atom. The van der Waals surface area contributed by atoms with Gasteiger partial charge < -0.3 is 44.2 Å². The summed E-state index contributed by atoms with van der Waals surface area (Å²) in [5, 5.41) is 8.31. The molecule has 5 aliphatic heterocycles. The maximum Gasteiger partial charge on any atom is 0.408 e. The van der Waals surface area contributed by atoms with Crippen molar-refractivity contribution in [3.63, 3.8) is 0 Å². The molecule has 2 aromatic heterocycles. The number of likely N-dealkylation sites (tertiary alicyclic amines) is 1. The van der Waals surface area contributed by atoms with Gasteiger partial charge in [-0.1, -0.05) is 26.8 Å². The molecule has 2 aliphatic carbocycles. The maximum atomic E-state index is 15.1. The number of thiazole rings is 1. The predicted molar refractivity (Wildman–Crippen MR) is 281 cm³/mol. The van der Waals surface area contributed by atoms with Crippen molar-refractivity contribution in [3.05, 3.63) is 57.3 Å². The fourth-order valence-electron chi connectivity index (χ4n) is 12.3.